The van der Waals surface area contributed by atoms with Gasteiger partial charge >= 0.3 is 0 Å². The van der Waals surface area contributed by atoms with Crippen molar-refractivity contribution in [3.63, 3.8) is 0 Å². The summed E-state index contributed by atoms with van der Waals surface area (Å²) in [6.07, 6.45) is 3.32. The molecule has 3 N–H and O–H groups in total. The normalized spacial score (nSPS) is 12.4. The monoisotopic (exact) mass is 243 g/mol. The molecule has 0 bridgehead atoms. The van der Waals surface area contributed by atoms with Crippen molar-refractivity contribution >= 4 is 11.4 Å². The number of hydrogen-bond acceptors (Lipinski definition) is 5. The maximum absolute atomic E-state index is 5.82. The number of para-hydroxylation sites is 1. The van der Waals surface area contributed by atoms with Crippen LogP contribution in [0.25, 0.3) is 0 Å². The molecule has 0 radical (unpaired) electrons. The summed E-state index contributed by atoms with van der Waals surface area (Å²) in [5.74, 6) is 1.59. The van der Waals surface area contributed by atoms with Crippen molar-refractivity contribution in [2.45, 2.75) is 6.54 Å². The molecule has 1 aromatic heterocycles. The van der Waals surface area contributed by atoms with E-state index in [1.54, 1.807) is 12.4 Å². The van der Waals surface area contributed by atoms with E-state index in [9.17, 15) is 0 Å². The Kier molecular flexibility index (Phi) is 2.64. The summed E-state index contributed by atoms with van der Waals surface area (Å²) in [5, 5.41) is 3.26. The first-order valence-electron chi connectivity index (χ1n) is 5.65. The maximum Gasteiger partial charge on any atom is 0.231 e. The minimum absolute atomic E-state index is 0.281. The van der Waals surface area contributed by atoms with Crippen molar-refractivity contribution in [2.75, 3.05) is 17.8 Å². The molecule has 0 spiro atoms. The third-order valence-corrected chi connectivity index (χ3v) is 2.80. The summed E-state index contributed by atoms with van der Waals surface area (Å²) < 4.78 is 10.8. The van der Waals surface area contributed by atoms with Crippen LogP contribution in [0.1, 0.15) is 5.56 Å². The Morgan fingerprint density at radius 3 is 3.11 bits per heavy atom. The number of pyridine rings is 1. The number of rotatable bonds is 3. The zero-order chi connectivity index (χ0) is 12.4. The molecule has 2 heterocycles. The fourth-order valence-electron chi connectivity index (χ4n) is 1.89. The van der Waals surface area contributed by atoms with Gasteiger partial charge in [0.1, 0.15) is 0 Å². The van der Waals surface area contributed by atoms with Crippen LogP contribution in [0.15, 0.2) is 36.7 Å². The number of ether oxygens (including phenoxy) is 2. The predicted molar refractivity (Wildman–Crippen MR) is 68.5 cm³/mol. The molecular weight excluding hydrogens is 230 g/mol. The molecule has 0 aliphatic carbocycles. The van der Waals surface area contributed by atoms with Crippen LogP contribution in [-0.4, -0.2) is 11.8 Å². The van der Waals surface area contributed by atoms with Gasteiger partial charge in [0, 0.05) is 18.3 Å². The maximum atomic E-state index is 5.82. The fourth-order valence-corrected chi connectivity index (χ4v) is 1.89. The Labute approximate surface area is 105 Å². The lowest BCUT2D eigenvalue weighted by atomic mass is 10.2. The first kappa shape index (κ1) is 10.7. The lowest BCUT2D eigenvalue weighted by molar-refractivity contribution is 0.173. The van der Waals surface area contributed by atoms with E-state index in [0.717, 1.165) is 22.7 Å². The molecule has 0 fully saturated rings. The Morgan fingerprint density at radius 1 is 1.28 bits per heavy atom. The van der Waals surface area contributed by atoms with Gasteiger partial charge in [0.05, 0.1) is 17.6 Å². The molecule has 5 nitrogen and oxygen atoms in total. The van der Waals surface area contributed by atoms with Crippen LogP contribution in [0.3, 0.4) is 0 Å². The molecule has 0 unspecified atom stereocenters. The average Bonchev–Trinajstić information content (AvgIpc) is 2.86. The van der Waals surface area contributed by atoms with Gasteiger partial charge < -0.3 is 20.5 Å². The van der Waals surface area contributed by atoms with Gasteiger partial charge in [0.15, 0.2) is 11.5 Å². The van der Waals surface area contributed by atoms with Crippen molar-refractivity contribution < 1.29 is 9.47 Å². The molecule has 5 heteroatoms. The van der Waals surface area contributed by atoms with Crippen molar-refractivity contribution in [1.29, 1.82) is 0 Å². The molecule has 18 heavy (non-hydrogen) atoms. The minimum atomic E-state index is 0.281. The van der Waals surface area contributed by atoms with Gasteiger partial charge in [-0.3, -0.25) is 4.98 Å². The number of fused-ring (bicyclic) bond motifs is 1. The van der Waals surface area contributed by atoms with E-state index in [4.69, 9.17) is 15.2 Å². The number of nitrogens with two attached hydrogens (primary N) is 1. The SMILES string of the molecule is Nc1cnccc1NCc1cccc2c1OCO2. The van der Waals surface area contributed by atoms with Crippen LogP contribution >= 0.6 is 0 Å². The Balaban J connectivity index is 1.78. The molecule has 3 rings (SSSR count). The molecular formula is C13H13N3O2. The minimum Gasteiger partial charge on any atom is -0.454 e. The zero-order valence-electron chi connectivity index (χ0n) is 9.72. The molecule has 0 atom stereocenters. The lowest BCUT2D eigenvalue weighted by Gasteiger charge is -2.10. The third-order valence-electron chi connectivity index (χ3n) is 2.80. The highest BCUT2D eigenvalue weighted by atomic mass is 16.7. The molecule has 0 saturated carbocycles. The van der Waals surface area contributed by atoms with Crippen molar-refractivity contribution in [3.8, 4) is 11.5 Å². The van der Waals surface area contributed by atoms with Gasteiger partial charge in [-0.2, -0.15) is 0 Å². The second-order valence-corrected chi connectivity index (χ2v) is 3.97. The summed E-state index contributed by atoms with van der Waals surface area (Å²) in [7, 11) is 0. The van der Waals surface area contributed by atoms with Gasteiger partial charge in [-0.05, 0) is 12.1 Å². The molecule has 0 amide bonds. The Bertz CT molecular complexity index is 572. The first-order valence-corrected chi connectivity index (χ1v) is 5.65. The molecule has 1 aliphatic rings. The highest BCUT2D eigenvalue weighted by Crippen LogP contribution is 2.35. The van der Waals surface area contributed by atoms with E-state index in [2.05, 4.69) is 10.3 Å². The standard InChI is InChI=1S/C13H13N3O2/c14-10-7-15-5-4-11(10)16-6-9-2-1-3-12-13(9)18-8-17-12/h1-5,7H,6,8,14H2,(H,15,16). The van der Waals surface area contributed by atoms with Gasteiger partial charge in [0.2, 0.25) is 6.79 Å². The number of nitrogens with zero attached hydrogens (tertiary/aromatic N) is 1. The van der Waals surface area contributed by atoms with Gasteiger partial charge in [0.25, 0.3) is 0 Å². The molecule has 0 saturated heterocycles. The van der Waals surface area contributed by atoms with Gasteiger partial charge in [-0.1, -0.05) is 12.1 Å². The van der Waals surface area contributed by atoms with Crippen molar-refractivity contribution in [2.24, 2.45) is 0 Å². The Hall–Kier alpha value is -2.43. The Morgan fingerprint density at radius 2 is 2.22 bits per heavy atom. The quantitative estimate of drug-likeness (QED) is 0.863. The third kappa shape index (κ3) is 1.90. The summed E-state index contributed by atoms with van der Waals surface area (Å²) in [6, 6.07) is 7.68. The van der Waals surface area contributed by atoms with E-state index in [-0.39, 0.29) is 6.79 Å². The van der Waals surface area contributed by atoms with Crippen LogP contribution in [-0.2, 0) is 6.54 Å². The van der Waals surface area contributed by atoms with E-state index in [1.807, 2.05) is 24.3 Å². The van der Waals surface area contributed by atoms with Crippen LogP contribution < -0.4 is 20.5 Å². The van der Waals surface area contributed by atoms with Crippen molar-refractivity contribution in [1.82, 2.24) is 4.98 Å². The van der Waals surface area contributed by atoms with Crippen LogP contribution in [0.5, 0.6) is 11.5 Å². The molecule has 92 valence electrons. The largest absolute Gasteiger partial charge is 0.454 e. The number of aromatic nitrogens is 1. The molecule has 1 aliphatic heterocycles. The average molecular weight is 243 g/mol. The highest BCUT2D eigenvalue weighted by molar-refractivity contribution is 5.64. The van der Waals surface area contributed by atoms with E-state index in [0.29, 0.717) is 12.2 Å². The number of nitrogen functional groups attached to an aromatic ring is 1. The smallest absolute Gasteiger partial charge is 0.231 e. The van der Waals surface area contributed by atoms with Gasteiger partial charge in [-0.15, -0.1) is 0 Å². The topological polar surface area (TPSA) is 69.4 Å². The lowest BCUT2D eigenvalue weighted by Crippen LogP contribution is -2.03. The fraction of sp³-hybridized carbons (Fsp3) is 0.154. The molecule has 2 aromatic rings. The number of anilines is 2. The number of nitrogens with one attached hydrogen (secondary N) is 1. The summed E-state index contributed by atoms with van der Waals surface area (Å²) in [4.78, 5) is 3.95. The second-order valence-electron chi connectivity index (χ2n) is 3.97. The second kappa shape index (κ2) is 4.44. The first-order chi connectivity index (χ1) is 8.84. The van der Waals surface area contributed by atoms with Crippen LogP contribution in [0.2, 0.25) is 0 Å². The zero-order valence-corrected chi connectivity index (χ0v) is 9.72. The highest BCUT2D eigenvalue weighted by Gasteiger charge is 2.16. The van der Waals surface area contributed by atoms with E-state index in [1.165, 1.54) is 0 Å². The summed E-state index contributed by atoms with van der Waals surface area (Å²) in [5.41, 5.74) is 8.35. The summed E-state index contributed by atoms with van der Waals surface area (Å²) in [6.45, 7) is 0.907. The van der Waals surface area contributed by atoms with Crippen LogP contribution in [0.4, 0.5) is 11.4 Å². The molecule has 1 aromatic carbocycles. The van der Waals surface area contributed by atoms with E-state index < -0.39 is 0 Å². The number of hydrogen-bond donors (Lipinski definition) is 2. The van der Waals surface area contributed by atoms with Crippen molar-refractivity contribution in [3.05, 3.63) is 42.2 Å². The summed E-state index contributed by atoms with van der Waals surface area (Å²) >= 11 is 0. The predicted octanol–water partition coefficient (Wildman–Crippen LogP) is 2.00. The van der Waals surface area contributed by atoms with Crippen LogP contribution in [0, 0.1) is 0 Å². The number of benzene rings is 1. The van der Waals surface area contributed by atoms with E-state index >= 15 is 0 Å². The van der Waals surface area contributed by atoms with Gasteiger partial charge in [-0.25, -0.2) is 0 Å².